The third kappa shape index (κ3) is 8.19. The van der Waals surface area contributed by atoms with Gasteiger partial charge in [-0.15, -0.1) is 0 Å². The van der Waals surface area contributed by atoms with E-state index in [1.165, 1.54) is 32.7 Å². The molecule has 1 saturated heterocycles. The molecule has 0 bridgehead atoms. The van der Waals surface area contributed by atoms with Crippen LogP contribution in [0.4, 0.5) is 0 Å². The van der Waals surface area contributed by atoms with Gasteiger partial charge in [-0.1, -0.05) is 40.5 Å². The molecule has 1 fully saturated rings. The Morgan fingerprint density at radius 2 is 1.65 bits per heavy atom. The van der Waals surface area contributed by atoms with E-state index in [1.807, 2.05) is 25.7 Å². The number of nitrogens with two attached hydrogens (primary N) is 1. The summed E-state index contributed by atoms with van der Waals surface area (Å²) in [6, 6.07) is 0. The molecule has 0 aromatic heterocycles. The summed E-state index contributed by atoms with van der Waals surface area (Å²) in [5.74, 6) is 1.21. The first-order valence-electron chi connectivity index (χ1n) is 7.13. The molecule has 104 valence electrons. The van der Waals surface area contributed by atoms with E-state index >= 15 is 0 Å². The SMILES string of the molecule is CC.CCCC1CCN(C(=O)CC)CC1.CN. The van der Waals surface area contributed by atoms with Gasteiger partial charge in [-0.05, 0) is 25.8 Å². The molecule has 0 spiro atoms. The third-order valence-corrected chi connectivity index (χ3v) is 2.97. The Morgan fingerprint density at radius 1 is 1.18 bits per heavy atom. The van der Waals surface area contributed by atoms with Gasteiger partial charge in [0.05, 0.1) is 0 Å². The average molecular weight is 244 g/mol. The lowest BCUT2D eigenvalue weighted by Crippen LogP contribution is -2.37. The minimum atomic E-state index is 0.329. The Bertz CT molecular complexity index is 164. The molecule has 0 aliphatic carbocycles. The second-order valence-electron chi connectivity index (χ2n) is 3.97. The molecule has 3 heteroatoms. The standard InChI is InChI=1S/C11H21NO.C2H6.CH5N/c1-3-5-10-6-8-12(9-7-10)11(13)4-2;2*1-2/h10H,3-9H2,1-2H3;1-2H3;2H2,1H3. The number of carbonyl (C=O) groups excluding carboxylic acids is 1. The maximum Gasteiger partial charge on any atom is 0.222 e. The van der Waals surface area contributed by atoms with Crippen LogP contribution >= 0.6 is 0 Å². The van der Waals surface area contributed by atoms with Gasteiger partial charge in [-0.3, -0.25) is 4.79 Å². The van der Waals surface area contributed by atoms with Crippen LogP contribution in [0.2, 0.25) is 0 Å². The molecule has 2 N–H and O–H groups in total. The second-order valence-corrected chi connectivity index (χ2v) is 3.97. The van der Waals surface area contributed by atoms with Gasteiger partial charge in [-0.2, -0.15) is 0 Å². The van der Waals surface area contributed by atoms with Crippen molar-refractivity contribution in [2.24, 2.45) is 11.7 Å². The number of piperidine rings is 1. The first-order valence-corrected chi connectivity index (χ1v) is 7.13. The summed E-state index contributed by atoms with van der Waals surface area (Å²) in [5, 5.41) is 0. The van der Waals surface area contributed by atoms with Gasteiger partial charge in [0.15, 0.2) is 0 Å². The Labute approximate surface area is 108 Å². The topological polar surface area (TPSA) is 46.3 Å². The van der Waals surface area contributed by atoms with Crippen molar-refractivity contribution in [3.8, 4) is 0 Å². The summed E-state index contributed by atoms with van der Waals surface area (Å²) < 4.78 is 0. The first kappa shape index (κ1) is 18.8. The van der Waals surface area contributed by atoms with Crippen molar-refractivity contribution in [1.29, 1.82) is 0 Å². The molecule has 1 amide bonds. The number of nitrogens with zero attached hydrogens (tertiary/aromatic N) is 1. The number of carbonyl (C=O) groups is 1. The smallest absolute Gasteiger partial charge is 0.222 e. The number of amides is 1. The maximum absolute atomic E-state index is 11.4. The number of rotatable bonds is 3. The van der Waals surface area contributed by atoms with E-state index in [9.17, 15) is 4.79 Å². The molecular formula is C14H32N2O. The first-order chi connectivity index (χ1) is 8.27. The summed E-state index contributed by atoms with van der Waals surface area (Å²) in [6.07, 6.45) is 5.73. The summed E-state index contributed by atoms with van der Waals surface area (Å²) >= 11 is 0. The van der Waals surface area contributed by atoms with Crippen LogP contribution in [0.25, 0.3) is 0 Å². The van der Waals surface area contributed by atoms with Crippen molar-refractivity contribution >= 4 is 5.91 Å². The lowest BCUT2D eigenvalue weighted by molar-refractivity contribution is -0.132. The minimum Gasteiger partial charge on any atom is -0.343 e. The second kappa shape index (κ2) is 13.5. The van der Waals surface area contributed by atoms with E-state index in [0.717, 1.165) is 19.0 Å². The molecule has 1 aliphatic heterocycles. The monoisotopic (exact) mass is 244 g/mol. The highest BCUT2D eigenvalue weighted by Gasteiger charge is 2.20. The van der Waals surface area contributed by atoms with E-state index in [1.54, 1.807) is 0 Å². The molecule has 0 radical (unpaired) electrons. The van der Waals surface area contributed by atoms with Gasteiger partial charge in [0, 0.05) is 19.5 Å². The van der Waals surface area contributed by atoms with Crippen molar-refractivity contribution in [3.05, 3.63) is 0 Å². The Balaban J connectivity index is 0. The summed E-state index contributed by atoms with van der Waals surface area (Å²) in [5.41, 5.74) is 4.50. The molecule has 0 saturated carbocycles. The van der Waals surface area contributed by atoms with Crippen LogP contribution in [0.3, 0.4) is 0 Å². The maximum atomic E-state index is 11.4. The highest BCUT2D eigenvalue weighted by molar-refractivity contribution is 5.75. The van der Waals surface area contributed by atoms with Crippen LogP contribution in [-0.2, 0) is 4.79 Å². The van der Waals surface area contributed by atoms with E-state index in [4.69, 9.17) is 0 Å². The van der Waals surface area contributed by atoms with Crippen molar-refractivity contribution in [2.75, 3.05) is 20.1 Å². The highest BCUT2D eigenvalue weighted by atomic mass is 16.2. The van der Waals surface area contributed by atoms with Crippen LogP contribution in [-0.4, -0.2) is 30.9 Å². The number of hydrogen-bond acceptors (Lipinski definition) is 2. The molecule has 0 aromatic carbocycles. The lowest BCUT2D eigenvalue weighted by Gasteiger charge is -2.31. The molecule has 3 nitrogen and oxygen atoms in total. The Morgan fingerprint density at radius 3 is 2.00 bits per heavy atom. The molecule has 1 rings (SSSR count). The van der Waals surface area contributed by atoms with Gasteiger partial charge in [0.25, 0.3) is 0 Å². The molecule has 0 aromatic rings. The van der Waals surface area contributed by atoms with Crippen LogP contribution in [0, 0.1) is 5.92 Å². The molecule has 1 heterocycles. The Hall–Kier alpha value is -0.570. The van der Waals surface area contributed by atoms with Crippen molar-refractivity contribution in [3.63, 3.8) is 0 Å². The number of hydrogen-bond donors (Lipinski definition) is 1. The largest absolute Gasteiger partial charge is 0.343 e. The normalized spacial score (nSPS) is 15.3. The van der Waals surface area contributed by atoms with Crippen molar-refractivity contribution in [1.82, 2.24) is 4.90 Å². The zero-order chi connectivity index (χ0) is 13.7. The molecule has 1 aliphatic rings. The minimum absolute atomic E-state index is 0.329. The summed E-state index contributed by atoms with van der Waals surface area (Å²) in [7, 11) is 1.50. The molecule has 0 unspecified atom stereocenters. The van der Waals surface area contributed by atoms with Gasteiger partial charge in [0.2, 0.25) is 5.91 Å². The highest BCUT2D eigenvalue weighted by Crippen LogP contribution is 2.21. The van der Waals surface area contributed by atoms with E-state index < -0.39 is 0 Å². The van der Waals surface area contributed by atoms with Crippen molar-refractivity contribution in [2.45, 2.75) is 59.8 Å². The van der Waals surface area contributed by atoms with Gasteiger partial charge in [0.1, 0.15) is 0 Å². The fourth-order valence-electron chi connectivity index (χ4n) is 2.10. The molecule has 0 atom stereocenters. The van der Waals surface area contributed by atoms with Crippen LogP contribution in [0.5, 0.6) is 0 Å². The van der Waals surface area contributed by atoms with Gasteiger partial charge in [-0.25, -0.2) is 0 Å². The van der Waals surface area contributed by atoms with Gasteiger partial charge < -0.3 is 10.6 Å². The zero-order valence-corrected chi connectivity index (χ0v) is 12.5. The molecule has 17 heavy (non-hydrogen) atoms. The molecular weight excluding hydrogens is 212 g/mol. The van der Waals surface area contributed by atoms with Crippen molar-refractivity contribution < 1.29 is 4.79 Å². The van der Waals surface area contributed by atoms with Crippen LogP contribution in [0.1, 0.15) is 59.8 Å². The third-order valence-electron chi connectivity index (χ3n) is 2.97. The Kier molecular flexibility index (Phi) is 14.9. The van der Waals surface area contributed by atoms with E-state index in [2.05, 4.69) is 12.7 Å². The van der Waals surface area contributed by atoms with Gasteiger partial charge >= 0.3 is 0 Å². The van der Waals surface area contributed by atoms with E-state index in [0.29, 0.717) is 12.3 Å². The average Bonchev–Trinajstić information content (AvgIpc) is 2.43. The summed E-state index contributed by atoms with van der Waals surface area (Å²) in [4.78, 5) is 13.4. The predicted molar refractivity (Wildman–Crippen MR) is 76.0 cm³/mol. The summed E-state index contributed by atoms with van der Waals surface area (Å²) in [6.45, 7) is 10.2. The van der Waals surface area contributed by atoms with E-state index in [-0.39, 0.29) is 0 Å². The quantitative estimate of drug-likeness (QED) is 0.829. The van der Waals surface area contributed by atoms with Crippen LogP contribution in [0.15, 0.2) is 0 Å². The fraction of sp³-hybridized carbons (Fsp3) is 0.929. The number of likely N-dealkylation sites (tertiary alicyclic amines) is 1. The van der Waals surface area contributed by atoms with Crippen LogP contribution < -0.4 is 5.73 Å². The zero-order valence-electron chi connectivity index (χ0n) is 12.5. The predicted octanol–water partition coefficient (Wildman–Crippen LogP) is 3.04. The fourth-order valence-corrected chi connectivity index (χ4v) is 2.10. The lowest BCUT2D eigenvalue weighted by atomic mass is 9.92.